The maximum absolute atomic E-state index is 12.6. The number of nitrogens with zero attached hydrogens (tertiary/aromatic N) is 3. The monoisotopic (exact) mass is 424 g/mol. The van der Waals surface area contributed by atoms with Crippen LogP contribution in [-0.2, 0) is 13.0 Å². The van der Waals surface area contributed by atoms with Gasteiger partial charge in [0.05, 0.1) is 19.3 Å². The number of amides is 1. The highest BCUT2D eigenvalue weighted by Gasteiger charge is 2.19. The topological polar surface area (TPSA) is 69.0 Å². The number of aryl methyl sites for hydroxylation is 2. The zero-order valence-corrected chi connectivity index (χ0v) is 18.8. The Morgan fingerprint density at radius 3 is 2.57 bits per heavy atom. The zero-order chi connectivity index (χ0) is 21.5. The van der Waals surface area contributed by atoms with Crippen molar-refractivity contribution in [2.45, 2.75) is 45.3 Å². The summed E-state index contributed by atoms with van der Waals surface area (Å²) in [7, 11) is 1.60. The lowest BCUT2D eigenvalue weighted by atomic mass is 10.1. The second-order valence-electron chi connectivity index (χ2n) is 6.93. The molecule has 1 N–H and O–H groups in total. The Bertz CT molecular complexity index is 999. The van der Waals surface area contributed by atoms with E-state index >= 15 is 0 Å². The summed E-state index contributed by atoms with van der Waals surface area (Å²) in [5.74, 6) is 2.24. The third-order valence-corrected chi connectivity index (χ3v) is 5.96. The fourth-order valence-corrected chi connectivity index (χ4v) is 4.07. The molecule has 0 atom stereocenters. The third kappa shape index (κ3) is 4.84. The minimum Gasteiger partial charge on any atom is -0.497 e. The molecule has 6 nitrogen and oxygen atoms in total. The van der Waals surface area contributed by atoms with Crippen LogP contribution in [0.2, 0.25) is 0 Å². The fourth-order valence-electron chi connectivity index (χ4n) is 3.25. The minimum absolute atomic E-state index is 0.157. The number of hydrogen-bond donors (Lipinski definition) is 1. The SMILES string of the molecule is CCCSc1nnc(CNC(=O)c2ccc(OC)cc2)n1-c1c(C)cccc1CC. The largest absolute Gasteiger partial charge is 0.497 e. The first-order chi connectivity index (χ1) is 14.6. The van der Waals surface area contributed by atoms with E-state index in [2.05, 4.69) is 59.1 Å². The van der Waals surface area contributed by atoms with Crippen molar-refractivity contribution in [1.82, 2.24) is 20.1 Å². The number of ether oxygens (including phenoxy) is 1. The van der Waals surface area contributed by atoms with Crippen molar-refractivity contribution < 1.29 is 9.53 Å². The highest BCUT2D eigenvalue weighted by molar-refractivity contribution is 7.99. The van der Waals surface area contributed by atoms with Crippen molar-refractivity contribution in [3.63, 3.8) is 0 Å². The van der Waals surface area contributed by atoms with Gasteiger partial charge < -0.3 is 10.1 Å². The van der Waals surface area contributed by atoms with E-state index in [1.54, 1.807) is 43.1 Å². The molecule has 1 heterocycles. The van der Waals surface area contributed by atoms with E-state index in [4.69, 9.17) is 4.74 Å². The average Bonchev–Trinajstić information content (AvgIpc) is 3.17. The lowest BCUT2D eigenvalue weighted by Crippen LogP contribution is -2.25. The van der Waals surface area contributed by atoms with Crippen LogP contribution < -0.4 is 10.1 Å². The molecule has 1 aromatic heterocycles. The number of rotatable bonds is 9. The van der Waals surface area contributed by atoms with Crippen LogP contribution in [0.15, 0.2) is 47.6 Å². The van der Waals surface area contributed by atoms with Crippen LogP contribution in [0.25, 0.3) is 5.69 Å². The predicted molar refractivity (Wildman–Crippen MR) is 121 cm³/mol. The van der Waals surface area contributed by atoms with E-state index < -0.39 is 0 Å². The number of para-hydroxylation sites is 1. The maximum Gasteiger partial charge on any atom is 0.251 e. The molecule has 7 heteroatoms. The first-order valence-electron chi connectivity index (χ1n) is 10.2. The first kappa shape index (κ1) is 21.9. The van der Waals surface area contributed by atoms with Gasteiger partial charge >= 0.3 is 0 Å². The quantitative estimate of drug-likeness (QED) is 0.509. The minimum atomic E-state index is -0.157. The van der Waals surface area contributed by atoms with Gasteiger partial charge in [0.25, 0.3) is 5.91 Å². The molecule has 0 spiro atoms. The van der Waals surface area contributed by atoms with Gasteiger partial charge in [-0.2, -0.15) is 0 Å². The number of benzene rings is 2. The Labute approximate surface area is 182 Å². The molecule has 3 aromatic rings. The molecule has 0 saturated carbocycles. The van der Waals surface area contributed by atoms with Crippen LogP contribution in [0, 0.1) is 6.92 Å². The number of thioether (sulfide) groups is 1. The molecular weight excluding hydrogens is 396 g/mol. The van der Waals surface area contributed by atoms with Gasteiger partial charge in [-0.25, -0.2) is 0 Å². The second-order valence-corrected chi connectivity index (χ2v) is 7.99. The summed E-state index contributed by atoms with van der Waals surface area (Å²) in [4.78, 5) is 12.6. The molecule has 0 bridgehead atoms. The van der Waals surface area contributed by atoms with Gasteiger partial charge in [-0.1, -0.05) is 43.8 Å². The van der Waals surface area contributed by atoms with E-state index in [9.17, 15) is 4.79 Å². The number of carbonyl (C=O) groups is 1. The van der Waals surface area contributed by atoms with Gasteiger partial charge in [-0.15, -0.1) is 10.2 Å². The van der Waals surface area contributed by atoms with Crippen molar-refractivity contribution in [3.05, 3.63) is 65.0 Å². The standard InChI is InChI=1S/C23H28N4O2S/c1-5-14-30-23-26-25-20(27(23)21-16(3)8-7-9-17(21)6-2)15-24-22(28)18-10-12-19(29-4)13-11-18/h7-13H,5-6,14-15H2,1-4H3,(H,24,28). The smallest absolute Gasteiger partial charge is 0.251 e. The Morgan fingerprint density at radius 1 is 1.13 bits per heavy atom. The molecule has 0 unspecified atom stereocenters. The van der Waals surface area contributed by atoms with Crippen LogP contribution in [0.5, 0.6) is 5.75 Å². The number of methoxy groups -OCH3 is 1. The maximum atomic E-state index is 12.6. The number of nitrogens with one attached hydrogen (secondary N) is 1. The van der Waals surface area contributed by atoms with E-state index in [-0.39, 0.29) is 5.91 Å². The van der Waals surface area contributed by atoms with Gasteiger partial charge in [0.15, 0.2) is 11.0 Å². The van der Waals surface area contributed by atoms with Gasteiger partial charge in [0, 0.05) is 11.3 Å². The lowest BCUT2D eigenvalue weighted by Gasteiger charge is -2.17. The summed E-state index contributed by atoms with van der Waals surface area (Å²) >= 11 is 1.69. The molecule has 0 aliphatic rings. The number of aromatic nitrogens is 3. The molecule has 1 amide bonds. The molecule has 0 fully saturated rings. The Morgan fingerprint density at radius 2 is 1.90 bits per heavy atom. The van der Waals surface area contributed by atoms with Crippen LogP contribution in [0.1, 0.15) is 47.6 Å². The molecule has 0 aliphatic heterocycles. The molecule has 3 rings (SSSR count). The summed E-state index contributed by atoms with van der Waals surface area (Å²) in [6.07, 6.45) is 1.96. The van der Waals surface area contributed by atoms with Crippen molar-refractivity contribution in [2.24, 2.45) is 0 Å². The third-order valence-electron chi connectivity index (χ3n) is 4.82. The van der Waals surface area contributed by atoms with Gasteiger partial charge in [-0.3, -0.25) is 9.36 Å². The molecule has 2 aromatic carbocycles. The van der Waals surface area contributed by atoms with E-state index in [0.717, 1.165) is 46.6 Å². The summed E-state index contributed by atoms with van der Waals surface area (Å²) < 4.78 is 7.26. The predicted octanol–water partition coefficient (Wildman–Crippen LogP) is 4.58. The molecular formula is C23H28N4O2S. The van der Waals surface area contributed by atoms with Crippen molar-refractivity contribution in [1.29, 1.82) is 0 Å². The average molecular weight is 425 g/mol. The van der Waals surface area contributed by atoms with Crippen molar-refractivity contribution in [2.75, 3.05) is 12.9 Å². The van der Waals surface area contributed by atoms with Crippen molar-refractivity contribution in [3.8, 4) is 11.4 Å². The zero-order valence-electron chi connectivity index (χ0n) is 17.9. The molecule has 30 heavy (non-hydrogen) atoms. The van der Waals surface area contributed by atoms with Gasteiger partial charge in [0.2, 0.25) is 0 Å². The highest BCUT2D eigenvalue weighted by atomic mass is 32.2. The van der Waals surface area contributed by atoms with E-state index in [1.807, 2.05) is 0 Å². The van der Waals surface area contributed by atoms with Crippen molar-refractivity contribution >= 4 is 17.7 Å². The molecule has 0 aliphatic carbocycles. The summed E-state index contributed by atoms with van der Waals surface area (Å²) in [5, 5.41) is 12.7. The molecule has 0 saturated heterocycles. The number of carbonyl (C=O) groups excluding carboxylic acids is 1. The fraction of sp³-hybridized carbons (Fsp3) is 0.348. The second kappa shape index (κ2) is 10.3. The lowest BCUT2D eigenvalue weighted by molar-refractivity contribution is 0.0949. The highest BCUT2D eigenvalue weighted by Crippen LogP contribution is 2.28. The van der Waals surface area contributed by atoms with Crippen LogP contribution >= 0.6 is 11.8 Å². The van der Waals surface area contributed by atoms with Crippen LogP contribution in [0.3, 0.4) is 0 Å². The first-order valence-corrected chi connectivity index (χ1v) is 11.2. The van der Waals surface area contributed by atoms with Gasteiger partial charge in [-0.05, 0) is 55.2 Å². The summed E-state index contributed by atoms with van der Waals surface area (Å²) in [6.45, 7) is 6.69. The summed E-state index contributed by atoms with van der Waals surface area (Å²) in [6, 6.07) is 13.4. The number of hydrogen-bond acceptors (Lipinski definition) is 5. The Kier molecular flexibility index (Phi) is 7.52. The van der Waals surface area contributed by atoms with Crippen LogP contribution in [0.4, 0.5) is 0 Å². The molecule has 0 radical (unpaired) electrons. The van der Waals surface area contributed by atoms with E-state index in [1.165, 1.54) is 5.56 Å². The summed E-state index contributed by atoms with van der Waals surface area (Å²) in [5.41, 5.74) is 4.08. The van der Waals surface area contributed by atoms with E-state index in [0.29, 0.717) is 12.1 Å². The molecule has 158 valence electrons. The normalized spacial score (nSPS) is 10.8. The van der Waals surface area contributed by atoms with Gasteiger partial charge in [0.1, 0.15) is 5.75 Å². The Hall–Kier alpha value is -2.80. The van der Waals surface area contributed by atoms with Crippen LogP contribution in [-0.4, -0.2) is 33.5 Å². The Balaban J connectivity index is 1.90.